The van der Waals surface area contributed by atoms with Gasteiger partial charge in [-0.2, -0.15) is 17.9 Å². The zero-order valence-corrected chi connectivity index (χ0v) is 12.6. The van der Waals surface area contributed by atoms with E-state index in [4.69, 9.17) is 15.7 Å². The summed E-state index contributed by atoms with van der Waals surface area (Å²) in [6, 6.07) is 9.48. The zero-order valence-electron chi connectivity index (χ0n) is 10.9. The van der Waals surface area contributed by atoms with Gasteiger partial charge in [0.05, 0.1) is 18.2 Å². The van der Waals surface area contributed by atoms with Crippen LogP contribution in [0.5, 0.6) is 5.75 Å². The maximum absolute atomic E-state index is 8.66. The average Bonchev–Trinajstić information content (AvgIpc) is 2.43. The molecule has 0 heterocycles. The lowest BCUT2D eigenvalue weighted by Gasteiger charge is -2.08. The number of benzene rings is 1. The van der Waals surface area contributed by atoms with Crippen molar-refractivity contribution in [2.45, 2.75) is 31.7 Å². The van der Waals surface area contributed by atoms with E-state index in [2.05, 4.69) is 18.7 Å². The van der Waals surface area contributed by atoms with Crippen molar-refractivity contribution < 1.29 is 4.74 Å². The van der Waals surface area contributed by atoms with E-state index in [0.29, 0.717) is 12.2 Å². The smallest absolute Gasteiger partial charge is 0.119 e. The highest BCUT2D eigenvalue weighted by molar-refractivity contribution is 7.80. The first kappa shape index (κ1) is 18.1. The lowest BCUT2D eigenvalue weighted by Crippen LogP contribution is -2.21. The molecule has 0 saturated carbocycles. The standard InChI is InChI=1S/C14H20N2OS.ClH/c15-10-12-5-7-14(8-6-12)17-9-3-1-2-4-13(16)11-18;/h5-8,13,18H,1-4,9,11,16H2;1H/t13-;/m0./s1. The molecule has 1 atom stereocenters. The highest BCUT2D eigenvalue weighted by Gasteiger charge is 1.99. The lowest BCUT2D eigenvalue weighted by molar-refractivity contribution is 0.304. The summed E-state index contributed by atoms with van der Waals surface area (Å²) in [5, 5.41) is 8.66. The zero-order chi connectivity index (χ0) is 13.2. The Morgan fingerprint density at radius 1 is 1.21 bits per heavy atom. The molecule has 0 aliphatic rings. The number of nitriles is 1. The molecule has 1 aromatic rings. The first-order valence-corrected chi connectivity index (χ1v) is 6.89. The molecule has 0 aromatic heterocycles. The molecule has 1 rings (SSSR count). The molecule has 0 aliphatic heterocycles. The Balaban J connectivity index is 0.00000324. The van der Waals surface area contributed by atoms with Crippen molar-refractivity contribution in [3.8, 4) is 11.8 Å². The van der Waals surface area contributed by atoms with Gasteiger partial charge >= 0.3 is 0 Å². The van der Waals surface area contributed by atoms with Gasteiger partial charge in [0, 0.05) is 11.8 Å². The van der Waals surface area contributed by atoms with Crippen LogP contribution in [0.4, 0.5) is 0 Å². The van der Waals surface area contributed by atoms with Crippen LogP contribution in [0.15, 0.2) is 24.3 Å². The summed E-state index contributed by atoms with van der Waals surface area (Å²) in [7, 11) is 0. The molecule has 0 radical (unpaired) electrons. The van der Waals surface area contributed by atoms with E-state index in [9.17, 15) is 0 Å². The Labute approximate surface area is 127 Å². The van der Waals surface area contributed by atoms with E-state index >= 15 is 0 Å². The fraction of sp³-hybridized carbons (Fsp3) is 0.500. The third-order valence-corrected chi connectivity index (χ3v) is 3.17. The Morgan fingerprint density at radius 3 is 2.47 bits per heavy atom. The molecule has 2 N–H and O–H groups in total. The molecule has 5 heteroatoms. The number of halogens is 1. The minimum atomic E-state index is 0. The third-order valence-electron chi connectivity index (χ3n) is 2.71. The molecule has 3 nitrogen and oxygen atoms in total. The summed E-state index contributed by atoms with van der Waals surface area (Å²) < 4.78 is 5.58. The molecular weight excluding hydrogens is 280 g/mol. The first-order chi connectivity index (χ1) is 8.76. The SMILES string of the molecule is Cl.N#Cc1ccc(OCCCCC[C@H](N)CS)cc1. The van der Waals surface area contributed by atoms with Crippen LogP contribution in [0.3, 0.4) is 0 Å². The Kier molecular flexibility index (Phi) is 10.5. The second-order valence-electron chi connectivity index (χ2n) is 4.28. The van der Waals surface area contributed by atoms with E-state index in [1.165, 1.54) is 0 Å². The summed E-state index contributed by atoms with van der Waals surface area (Å²) in [6.07, 6.45) is 4.30. The van der Waals surface area contributed by atoms with Gasteiger partial charge in [-0.3, -0.25) is 0 Å². The van der Waals surface area contributed by atoms with E-state index < -0.39 is 0 Å². The average molecular weight is 301 g/mol. The van der Waals surface area contributed by atoms with Gasteiger partial charge in [0.2, 0.25) is 0 Å². The molecule has 0 bridgehead atoms. The lowest BCUT2D eigenvalue weighted by atomic mass is 10.1. The van der Waals surface area contributed by atoms with Gasteiger partial charge in [0.15, 0.2) is 0 Å². The number of hydrogen-bond acceptors (Lipinski definition) is 4. The molecule has 0 amide bonds. The maximum Gasteiger partial charge on any atom is 0.119 e. The second-order valence-corrected chi connectivity index (χ2v) is 4.64. The Bertz CT molecular complexity index is 378. The molecular formula is C14H21ClN2OS. The van der Waals surface area contributed by atoms with Crippen LogP contribution in [0.25, 0.3) is 0 Å². The van der Waals surface area contributed by atoms with E-state index in [-0.39, 0.29) is 18.4 Å². The molecule has 106 valence electrons. The van der Waals surface area contributed by atoms with Crippen molar-refractivity contribution in [3.05, 3.63) is 29.8 Å². The van der Waals surface area contributed by atoms with Crippen molar-refractivity contribution in [2.75, 3.05) is 12.4 Å². The molecule has 0 saturated heterocycles. The van der Waals surface area contributed by atoms with Gasteiger partial charge in [0.1, 0.15) is 5.75 Å². The Hall–Kier alpha value is -0.890. The summed E-state index contributed by atoms with van der Waals surface area (Å²) in [5.74, 6) is 1.57. The van der Waals surface area contributed by atoms with Crippen LogP contribution in [0, 0.1) is 11.3 Å². The second kappa shape index (κ2) is 11.0. The van der Waals surface area contributed by atoms with Crippen molar-refractivity contribution in [2.24, 2.45) is 5.73 Å². The minimum absolute atomic E-state index is 0. The molecule has 0 fully saturated rings. The quantitative estimate of drug-likeness (QED) is 0.572. The van der Waals surface area contributed by atoms with Crippen LogP contribution < -0.4 is 10.5 Å². The number of nitrogens with zero attached hydrogens (tertiary/aromatic N) is 1. The third kappa shape index (κ3) is 7.99. The van der Waals surface area contributed by atoms with Gasteiger partial charge in [-0.1, -0.05) is 12.8 Å². The monoisotopic (exact) mass is 300 g/mol. The highest BCUT2D eigenvalue weighted by atomic mass is 35.5. The maximum atomic E-state index is 8.66. The van der Waals surface area contributed by atoms with E-state index in [1.54, 1.807) is 12.1 Å². The van der Waals surface area contributed by atoms with Crippen molar-refractivity contribution in [1.29, 1.82) is 5.26 Å². The Morgan fingerprint density at radius 2 is 1.89 bits per heavy atom. The van der Waals surface area contributed by atoms with E-state index in [0.717, 1.165) is 37.2 Å². The topological polar surface area (TPSA) is 59.0 Å². The minimum Gasteiger partial charge on any atom is -0.494 e. The van der Waals surface area contributed by atoms with Crippen LogP contribution >= 0.6 is 25.0 Å². The van der Waals surface area contributed by atoms with Crippen molar-refractivity contribution in [3.63, 3.8) is 0 Å². The first-order valence-electron chi connectivity index (χ1n) is 6.25. The van der Waals surface area contributed by atoms with Gasteiger partial charge < -0.3 is 10.5 Å². The molecule has 19 heavy (non-hydrogen) atoms. The van der Waals surface area contributed by atoms with Gasteiger partial charge in [-0.15, -0.1) is 12.4 Å². The van der Waals surface area contributed by atoms with Gasteiger partial charge in [-0.05, 0) is 37.1 Å². The molecule has 1 aromatic carbocycles. The van der Waals surface area contributed by atoms with Crippen molar-refractivity contribution >= 4 is 25.0 Å². The summed E-state index contributed by atoms with van der Waals surface area (Å²) >= 11 is 4.15. The van der Waals surface area contributed by atoms with Gasteiger partial charge in [-0.25, -0.2) is 0 Å². The van der Waals surface area contributed by atoms with E-state index in [1.807, 2.05) is 12.1 Å². The normalized spacial score (nSPS) is 11.2. The molecule has 0 spiro atoms. The molecule has 0 aliphatic carbocycles. The van der Waals surface area contributed by atoms with Crippen molar-refractivity contribution in [1.82, 2.24) is 0 Å². The number of thiol groups is 1. The number of rotatable bonds is 8. The predicted octanol–water partition coefficient (Wildman–Crippen LogP) is 3.18. The summed E-state index contributed by atoms with van der Waals surface area (Å²) in [5.41, 5.74) is 6.43. The van der Waals surface area contributed by atoms with Crippen LogP contribution in [-0.4, -0.2) is 18.4 Å². The number of hydrogen-bond donors (Lipinski definition) is 2. The summed E-state index contributed by atoms with van der Waals surface area (Å²) in [4.78, 5) is 0. The fourth-order valence-corrected chi connectivity index (χ4v) is 1.77. The number of unbranched alkanes of at least 4 members (excludes halogenated alkanes) is 2. The molecule has 0 unspecified atom stereocenters. The fourth-order valence-electron chi connectivity index (χ4n) is 1.59. The predicted molar refractivity (Wildman–Crippen MR) is 84.2 cm³/mol. The van der Waals surface area contributed by atoms with Gasteiger partial charge in [0.25, 0.3) is 0 Å². The van der Waals surface area contributed by atoms with Crippen LogP contribution in [0.1, 0.15) is 31.2 Å². The summed E-state index contributed by atoms with van der Waals surface area (Å²) in [6.45, 7) is 0.710. The number of nitrogens with two attached hydrogens (primary N) is 1. The number of ether oxygens (including phenoxy) is 1. The largest absolute Gasteiger partial charge is 0.494 e. The van der Waals surface area contributed by atoms with Crippen LogP contribution in [0.2, 0.25) is 0 Å². The highest BCUT2D eigenvalue weighted by Crippen LogP contribution is 2.12. The van der Waals surface area contributed by atoms with Crippen LogP contribution in [-0.2, 0) is 0 Å².